The van der Waals surface area contributed by atoms with Crippen molar-refractivity contribution in [3.05, 3.63) is 0 Å². The zero-order valence-corrected chi connectivity index (χ0v) is 9.28. The molecule has 1 aliphatic carbocycles. The second kappa shape index (κ2) is 6.08. The molecule has 1 amide bonds. The van der Waals surface area contributed by atoms with Crippen molar-refractivity contribution in [2.24, 2.45) is 5.92 Å². The van der Waals surface area contributed by atoms with Crippen LogP contribution in [0.5, 0.6) is 0 Å². The highest BCUT2D eigenvalue weighted by Crippen LogP contribution is 2.25. The third-order valence-electron chi connectivity index (χ3n) is 3.01. The zero-order chi connectivity index (χ0) is 11.3. The summed E-state index contributed by atoms with van der Waals surface area (Å²) in [5.74, 6) is -0.00545. The van der Waals surface area contributed by atoms with Crippen molar-refractivity contribution < 1.29 is 15.0 Å². The van der Waals surface area contributed by atoms with Gasteiger partial charge >= 0.3 is 0 Å². The monoisotopic (exact) mass is 215 g/mol. The summed E-state index contributed by atoms with van der Waals surface area (Å²) in [6, 6.07) is 0.0431. The van der Waals surface area contributed by atoms with Crippen molar-refractivity contribution in [2.75, 3.05) is 6.61 Å². The van der Waals surface area contributed by atoms with Crippen molar-refractivity contribution in [3.63, 3.8) is 0 Å². The van der Waals surface area contributed by atoms with Crippen molar-refractivity contribution in [1.29, 1.82) is 0 Å². The van der Waals surface area contributed by atoms with E-state index in [1.807, 2.05) is 6.92 Å². The Kier molecular flexibility index (Phi) is 5.05. The zero-order valence-electron chi connectivity index (χ0n) is 9.28. The highest BCUT2D eigenvalue weighted by Gasteiger charge is 2.32. The number of rotatable bonds is 5. The van der Waals surface area contributed by atoms with Crippen molar-refractivity contribution in [2.45, 2.75) is 51.2 Å². The number of hydrogen-bond donors (Lipinski definition) is 3. The van der Waals surface area contributed by atoms with Crippen LogP contribution in [0.1, 0.15) is 39.0 Å². The maximum Gasteiger partial charge on any atom is 0.220 e. The fraction of sp³-hybridized carbons (Fsp3) is 0.909. The van der Waals surface area contributed by atoms with Gasteiger partial charge in [-0.05, 0) is 19.3 Å². The van der Waals surface area contributed by atoms with E-state index in [9.17, 15) is 9.90 Å². The summed E-state index contributed by atoms with van der Waals surface area (Å²) in [5, 5.41) is 21.4. The lowest BCUT2D eigenvalue weighted by Crippen LogP contribution is -2.33. The smallest absolute Gasteiger partial charge is 0.220 e. The van der Waals surface area contributed by atoms with Gasteiger partial charge in [-0.3, -0.25) is 4.79 Å². The molecule has 4 nitrogen and oxygen atoms in total. The molecule has 1 aliphatic rings. The molecule has 0 aromatic carbocycles. The minimum Gasteiger partial charge on any atom is -0.396 e. The molecule has 0 aromatic heterocycles. The van der Waals surface area contributed by atoms with Gasteiger partial charge in [-0.25, -0.2) is 0 Å². The molecular weight excluding hydrogens is 194 g/mol. The van der Waals surface area contributed by atoms with Gasteiger partial charge in [0.05, 0.1) is 6.10 Å². The molecular formula is C11H21NO3. The second-order valence-corrected chi connectivity index (χ2v) is 4.35. The summed E-state index contributed by atoms with van der Waals surface area (Å²) >= 11 is 0. The quantitative estimate of drug-likeness (QED) is 0.622. The molecule has 3 atom stereocenters. The lowest BCUT2D eigenvalue weighted by Gasteiger charge is -2.11. The van der Waals surface area contributed by atoms with E-state index < -0.39 is 6.10 Å². The first-order valence-corrected chi connectivity index (χ1v) is 5.75. The van der Waals surface area contributed by atoms with E-state index in [0.29, 0.717) is 19.3 Å². The molecule has 0 radical (unpaired) electrons. The second-order valence-electron chi connectivity index (χ2n) is 4.35. The molecule has 4 heteroatoms. The van der Waals surface area contributed by atoms with E-state index in [-0.39, 0.29) is 24.5 Å². The molecule has 1 fully saturated rings. The number of nitrogens with one attached hydrogen (secondary N) is 1. The number of aliphatic hydroxyl groups excluding tert-OH is 2. The van der Waals surface area contributed by atoms with Gasteiger partial charge in [-0.1, -0.05) is 13.3 Å². The van der Waals surface area contributed by atoms with Crippen LogP contribution in [0.25, 0.3) is 0 Å². The van der Waals surface area contributed by atoms with Crippen LogP contribution in [-0.4, -0.2) is 34.9 Å². The van der Waals surface area contributed by atoms with E-state index in [4.69, 9.17) is 5.11 Å². The molecule has 88 valence electrons. The number of carbonyl (C=O) groups is 1. The maximum absolute atomic E-state index is 11.4. The summed E-state index contributed by atoms with van der Waals surface area (Å²) in [6.07, 6.45) is 3.28. The number of carbonyl (C=O) groups excluding carboxylic acids is 1. The predicted molar refractivity (Wildman–Crippen MR) is 57.3 cm³/mol. The van der Waals surface area contributed by atoms with Crippen LogP contribution in [0.3, 0.4) is 0 Å². The first kappa shape index (κ1) is 12.5. The van der Waals surface area contributed by atoms with Gasteiger partial charge in [0.25, 0.3) is 0 Å². The van der Waals surface area contributed by atoms with E-state index in [2.05, 4.69) is 5.32 Å². The molecule has 3 N–H and O–H groups in total. The number of unbranched alkanes of at least 4 members (excludes halogenated alkanes) is 1. The van der Waals surface area contributed by atoms with Crippen LogP contribution in [0.4, 0.5) is 0 Å². The fourth-order valence-electron chi connectivity index (χ4n) is 2.05. The molecule has 1 rings (SSSR count). The average molecular weight is 215 g/mol. The standard InChI is InChI=1S/C11H21NO3/c1-2-3-4-11(15)12-9-5-8(7-13)10(14)6-9/h8-10,13-14H,2-7H2,1H3,(H,12,15). The Balaban J connectivity index is 2.25. The first-order chi connectivity index (χ1) is 7.17. The van der Waals surface area contributed by atoms with Gasteiger partial charge in [-0.15, -0.1) is 0 Å². The van der Waals surface area contributed by atoms with E-state index in [1.54, 1.807) is 0 Å². The van der Waals surface area contributed by atoms with Gasteiger partial charge in [0.15, 0.2) is 0 Å². The summed E-state index contributed by atoms with van der Waals surface area (Å²) < 4.78 is 0. The van der Waals surface area contributed by atoms with Gasteiger partial charge in [-0.2, -0.15) is 0 Å². The van der Waals surface area contributed by atoms with Crippen molar-refractivity contribution >= 4 is 5.91 Å². The molecule has 0 aliphatic heterocycles. The highest BCUT2D eigenvalue weighted by molar-refractivity contribution is 5.76. The molecule has 0 spiro atoms. The summed E-state index contributed by atoms with van der Waals surface area (Å²) in [4.78, 5) is 11.4. The van der Waals surface area contributed by atoms with Crippen LogP contribution in [-0.2, 0) is 4.79 Å². The van der Waals surface area contributed by atoms with E-state index in [0.717, 1.165) is 12.8 Å². The number of aliphatic hydroxyl groups is 2. The Morgan fingerprint density at radius 3 is 2.73 bits per heavy atom. The average Bonchev–Trinajstić information content (AvgIpc) is 2.55. The summed E-state index contributed by atoms with van der Waals surface area (Å²) in [6.45, 7) is 2.05. The summed E-state index contributed by atoms with van der Waals surface area (Å²) in [7, 11) is 0. The molecule has 0 bridgehead atoms. The molecule has 1 saturated carbocycles. The molecule has 0 saturated heterocycles. The Morgan fingerprint density at radius 1 is 1.47 bits per heavy atom. The Bertz CT molecular complexity index is 208. The normalized spacial score (nSPS) is 30.5. The molecule has 15 heavy (non-hydrogen) atoms. The number of hydrogen-bond acceptors (Lipinski definition) is 3. The van der Waals surface area contributed by atoms with Gasteiger partial charge in [0.2, 0.25) is 5.91 Å². The van der Waals surface area contributed by atoms with E-state index >= 15 is 0 Å². The minimum atomic E-state index is -0.466. The third kappa shape index (κ3) is 3.80. The van der Waals surface area contributed by atoms with Crippen LogP contribution < -0.4 is 5.32 Å². The SMILES string of the molecule is CCCCC(=O)NC1CC(O)C(CO)C1. The van der Waals surface area contributed by atoms with Crippen LogP contribution >= 0.6 is 0 Å². The largest absolute Gasteiger partial charge is 0.396 e. The van der Waals surface area contributed by atoms with Crippen LogP contribution in [0.2, 0.25) is 0 Å². The van der Waals surface area contributed by atoms with E-state index in [1.165, 1.54) is 0 Å². The Labute approximate surface area is 90.7 Å². The molecule has 3 unspecified atom stereocenters. The number of amides is 1. The lowest BCUT2D eigenvalue weighted by atomic mass is 10.1. The minimum absolute atomic E-state index is 0.00248. The van der Waals surface area contributed by atoms with Crippen molar-refractivity contribution in [1.82, 2.24) is 5.32 Å². The van der Waals surface area contributed by atoms with Crippen molar-refractivity contribution in [3.8, 4) is 0 Å². The highest BCUT2D eigenvalue weighted by atomic mass is 16.3. The Hall–Kier alpha value is -0.610. The fourth-order valence-corrected chi connectivity index (χ4v) is 2.05. The third-order valence-corrected chi connectivity index (χ3v) is 3.01. The molecule has 0 aromatic rings. The Morgan fingerprint density at radius 2 is 2.20 bits per heavy atom. The lowest BCUT2D eigenvalue weighted by molar-refractivity contribution is -0.121. The topological polar surface area (TPSA) is 69.6 Å². The van der Waals surface area contributed by atoms with Gasteiger partial charge in [0.1, 0.15) is 0 Å². The first-order valence-electron chi connectivity index (χ1n) is 5.75. The maximum atomic E-state index is 11.4. The summed E-state index contributed by atoms with van der Waals surface area (Å²) in [5.41, 5.74) is 0. The predicted octanol–water partition coefficient (Wildman–Crippen LogP) is 0.425. The molecule has 0 heterocycles. The van der Waals surface area contributed by atoms with Crippen LogP contribution in [0.15, 0.2) is 0 Å². The van der Waals surface area contributed by atoms with Gasteiger partial charge < -0.3 is 15.5 Å². The van der Waals surface area contributed by atoms with Gasteiger partial charge in [0, 0.05) is 25.0 Å². The van der Waals surface area contributed by atoms with Crippen LogP contribution in [0, 0.1) is 5.92 Å².